The third kappa shape index (κ3) is 5.99. The van der Waals surface area contributed by atoms with Crippen molar-refractivity contribution in [3.8, 4) is 17.2 Å². The van der Waals surface area contributed by atoms with E-state index < -0.39 is 11.5 Å². The van der Waals surface area contributed by atoms with E-state index in [-0.39, 0.29) is 5.24 Å². The number of benzene rings is 2. The fourth-order valence-corrected chi connectivity index (χ4v) is 5.34. The average molecular weight is 542 g/mol. The number of ether oxygens (including phenoxy) is 3. The lowest BCUT2D eigenvalue weighted by Gasteiger charge is -2.38. The number of imide groups is 1. The number of hydrogen-bond acceptors (Lipinski definition) is 6. The van der Waals surface area contributed by atoms with Gasteiger partial charge in [0.2, 0.25) is 0 Å². The number of halogens is 1. The molecule has 37 heavy (non-hydrogen) atoms. The fraction of sp³-hybridized carbons (Fsp3) is 0.379. The lowest BCUT2D eigenvalue weighted by atomic mass is 9.87. The molecule has 2 aliphatic heterocycles. The Morgan fingerprint density at radius 1 is 1.16 bits per heavy atom. The number of nitrogens with one attached hydrogen (secondary N) is 1. The summed E-state index contributed by atoms with van der Waals surface area (Å²) >= 11 is 7.35. The molecule has 2 heterocycles. The lowest BCUT2D eigenvalue weighted by molar-refractivity contribution is -0.115. The second kappa shape index (κ2) is 10.8. The van der Waals surface area contributed by atoms with Gasteiger partial charge in [-0.25, -0.2) is 0 Å². The Hall–Kier alpha value is -2.90. The average Bonchev–Trinajstić information content (AvgIpc) is 3.15. The number of hydrogen-bond donors (Lipinski definition) is 1. The number of carbonyl (C=O) groups excluding carboxylic acids is 2. The van der Waals surface area contributed by atoms with Crippen molar-refractivity contribution in [1.82, 2.24) is 5.32 Å². The number of amides is 2. The van der Waals surface area contributed by atoms with Gasteiger partial charge in [0.25, 0.3) is 11.1 Å². The van der Waals surface area contributed by atoms with Crippen LogP contribution >= 0.6 is 23.4 Å². The smallest absolute Gasteiger partial charge is 0.290 e. The van der Waals surface area contributed by atoms with Gasteiger partial charge >= 0.3 is 0 Å². The van der Waals surface area contributed by atoms with Gasteiger partial charge in [0.15, 0.2) is 0 Å². The summed E-state index contributed by atoms with van der Waals surface area (Å²) in [5.74, 6) is 1.99. The van der Waals surface area contributed by atoms with Gasteiger partial charge in [0, 0.05) is 5.56 Å². The van der Waals surface area contributed by atoms with E-state index in [2.05, 4.69) is 52.9 Å². The molecule has 8 heteroatoms. The summed E-state index contributed by atoms with van der Waals surface area (Å²) in [6.07, 6.45) is 5.37. The molecule has 0 aromatic heterocycles. The maximum absolute atomic E-state index is 11.8. The van der Waals surface area contributed by atoms with Crippen molar-refractivity contribution < 1.29 is 23.8 Å². The van der Waals surface area contributed by atoms with E-state index in [1.54, 1.807) is 24.3 Å². The number of carbonyl (C=O) groups is 2. The molecule has 0 spiro atoms. The molecular formula is C29H32ClNO5S. The summed E-state index contributed by atoms with van der Waals surface area (Å²) in [6.45, 7) is 13.3. The highest BCUT2D eigenvalue weighted by atomic mass is 35.5. The second-order valence-electron chi connectivity index (χ2n) is 9.99. The highest BCUT2D eigenvalue weighted by molar-refractivity contribution is 8.18. The van der Waals surface area contributed by atoms with Gasteiger partial charge in [0.05, 0.1) is 9.93 Å². The van der Waals surface area contributed by atoms with Crippen LogP contribution in [0.25, 0.3) is 6.08 Å². The highest BCUT2D eigenvalue weighted by Gasteiger charge is 2.36. The van der Waals surface area contributed by atoms with Gasteiger partial charge in [-0.05, 0) is 113 Å². The van der Waals surface area contributed by atoms with E-state index in [0.29, 0.717) is 34.5 Å². The first kappa shape index (κ1) is 27.1. The van der Waals surface area contributed by atoms with Crippen molar-refractivity contribution in [2.45, 2.75) is 60.0 Å². The predicted molar refractivity (Wildman–Crippen MR) is 149 cm³/mol. The van der Waals surface area contributed by atoms with E-state index in [4.69, 9.17) is 25.8 Å². The lowest BCUT2D eigenvalue weighted by Crippen LogP contribution is -2.42. The van der Waals surface area contributed by atoms with Crippen LogP contribution in [0.5, 0.6) is 17.2 Å². The van der Waals surface area contributed by atoms with E-state index in [1.165, 1.54) is 11.1 Å². The molecule has 2 aliphatic rings. The molecule has 1 N–H and O–H groups in total. The quantitative estimate of drug-likeness (QED) is 0.298. The van der Waals surface area contributed by atoms with E-state index in [0.717, 1.165) is 52.8 Å². The van der Waals surface area contributed by atoms with Crippen molar-refractivity contribution in [1.29, 1.82) is 0 Å². The minimum Gasteiger partial charge on any atom is -0.489 e. The van der Waals surface area contributed by atoms with Crippen molar-refractivity contribution in [3.05, 3.63) is 67.6 Å². The summed E-state index contributed by atoms with van der Waals surface area (Å²) in [5, 5.41) is 2.29. The van der Waals surface area contributed by atoms with Crippen LogP contribution in [0.2, 0.25) is 5.02 Å². The van der Waals surface area contributed by atoms with Crippen LogP contribution in [-0.4, -0.2) is 30.0 Å². The summed E-state index contributed by atoms with van der Waals surface area (Å²) < 4.78 is 18.8. The normalized spacial score (nSPS) is 19.8. The molecule has 0 aliphatic carbocycles. The molecule has 0 radical (unpaired) electrons. The molecule has 4 rings (SSSR count). The minimum atomic E-state index is -0.524. The molecule has 2 aromatic carbocycles. The minimum absolute atomic E-state index is 0.329. The largest absolute Gasteiger partial charge is 0.489 e. The van der Waals surface area contributed by atoms with Crippen LogP contribution < -0.4 is 19.5 Å². The molecule has 196 valence electrons. The first-order valence-corrected chi connectivity index (χ1v) is 13.4. The Morgan fingerprint density at radius 2 is 1.92 bits per heavy atom. The van der Waals surface area contributed by atoms with Gasteiger partial charge in [-0.3, -0.25) is 14.9 Å². The van der Waals surface area contributed by atoms with Crippen LogP contribution in [0.4, 0.5) is 4.79 Å². The Labute approximate surface area is 227 Å². The molecule has 0 saturated carbocycles. The third-order valence-corrected chi connectivity index (χ3v) is 7.82. The highest BCUT2D eigenvalue weighted by Crippen LogP contribution is 2.44. The zero-order valence-electron chi connectivity index (χ0n) is 22.0. The number of thioether (sulfide) groups is 1. The van der Waals surface area contributed by atoms with Crippen molar-refractivity contribution >= 4 is 40.6 Å². The summed E-state index contributed by atoms with van der Waals surface area (Å²) in [4.78, 5) is 23.5. The van der Waals surface area contributed by atoms with Crippen molar-refractivity contribution in [3.63, 3.8) is 0 Å². The van der Waals surface area contributed by atoms with E-state index in [9.17, 15) is 9.59 Å². The van der Waals surface area contributed by atoms with Gasteiger partial charge in [-0.2, -0.15) is 0 Å². The van der Waals surface area contributed by atoms with Crippen LogP contribution in [0.15, 0.2) is 34.8 Å². The van der Waals surface area contributed by atoms with Crippen LogP contribution in [0.1, 0.15) is 55.0 Å². The molecule has 1 unspecified atom stereocenters. The number of allylic oxidation sites excluding steroid dienone is 1. The predicted octanol–water partition coefficient (Wildman–Crippen LogP) is 7.10. The van der Waals surface area contributed by atoms with E-state index >= 15 is 0 Å². The maximum Gasteiger partial charge on any atom is 0.290 e. The van der Waals surface area contributed by atoms with Gasteiger partial charge in [0.1, 0.15) is 36.1 Å². The molecule has 2 amide bonds. The second-order valence-corrected chi connectivity index (χ2v) is 11.4. The Morgan fingerprint density at radius 3 is 2.57 bits per heavy atom. The zero-order chi connectivity index (χ0) is 26.9. The molecule has 6 nitrogen and oxygen atoms in total. The number of rotatable bonds is 7. The molecule has 2 aromatic rings. The maximum atomic E-state index is 11.8. The molecule has 1 fully saturated rings. The molecular weight excluding hydrogens is 510 g/mol. The molecule has 1 atom stereocenters. The Kier molecular flexibility index (Phi) is 7.95. The summed E-state index contributed by atoms with van der Waals surface area (Å²) in [7, 11) is 0. The van der Waals surface area contributed by atoms with Crippen molar-refractivity contribution in [2.75, 3.05) is 13.2 Å². The molecule has 1 saturated heterocycles. The van der Waals surface area contributed by atoms with Crippen LogP contribution in [0.3, 0.4) is 0 Å². The SMILES string of the molecule is CC(C)=CCOc1c(C)c(C)c2c(c1C)CCC(C)(COc1ccc(/C=C3\SC(=O)NC3=O)cc1Cl)O2. The van der Waals surface area contributed by atoms with Gasteiger partial charge < -0.3 is 14.2 Å². The van der Waals surface area contributed by atoms with Gasteiger partial charge in [-0.15, -0.1) is 0 Å². The summed E-state index contributed by atoms with van der Waals surface area (Å²) in [5.41, 5.74) is 5.91. The first-order chi connectivity index (χ1) is 17.5. The van der Waals surface area contributed by atoms with Crippen molar-refractivity contribution in [2.24, 2.45) is 0 Å². The zero-order valence-corrected chi connectivity index (χ0v) is 23.6. The van der Waals surface area contributed by atoms with Crippen LogP contribution in [-0.2, 0) is 11.2 Å². The van der Waals surface area contributed by atoms with E-state index in [1.807, 2.05) is 0 Å². The monoisotopic (exact) mass is 541 g/mol. The summed E-state index contributed by atoms with van der Waals surface area (Å²) in [6, 6.07) is 5.29. The van der Waals surface area contributed by atoms with Crippen LogP contribution in [0, 0.1) is 20.8 Å². The first-order valence-electron chi connectivity index (χ1n) is 12.2. The Balaban J connectivity index is 1.48. The Bertz CT molecular complexity index is 1330. The topological polar surface area (TPSA) is 73.9 Å². The van der Waals surface area contributed by atoms with Gasteiger partial charge in [-0.1, -0.05) is 23.2 Å². The third-order valence-electron chi connectivity index (χ3n) is 6.71. The standard InChI is InChI=1S/C29H32ClNO5S/c1-16(2)10-12-34-25-17(3)18(4)26-21(19(25)5)9-11-29(6,36-26)15-35-23-8-7-20(13-22(23)30)14-24-27(32)31-28(33)37-24/h7-8,10,13-14H,9,11-12,15H2,1-6H3,(H,31,32,33)/b24-14-. The number of fused-ring (bicyclic) bond motifs is 1. The fourth-order valence-electron chi connectivity index (χ4n) is 4.42. The molecule has 0 bridgehead atoms.